The van der Waals surface area contributed by atoms with Gasteiger partial charge >= 0.3 is 6.98 Å². The number of aldehydes is 1. The number of benzene rings is 3. The van der Waals surface area contributed by atoms with Crippen LogP contribution in [-0.4, -0.2) is 13.3 Å². The van der Waals surface area contributed by atoms with Crippen molar-refractivity contribution in [3.63, 3.8) is 0 Å². The van der Waals surface area contributed by atoms with Crippen LogP contribution in [0.5, 0.6) is 0 Å². The van der Waals surface area contributed by atoms with Crippen LogP contribution in [-0.2, 0) is 0 Å². The van der Waals surface area contributed by atoms with E-state index in [0.29, 0.717) is 6.29 Å². The SMILES string of the molecule is O=Cc1ccc(B2Nc3cccc4cccc(c34)N2)cc1F. The molecule has 3 aromatic carbocycles. The minimum atomic E-state index is -0.506. The van der Waals surface area contributed by atoms with E-state index < -0.39 is 5.82 Å². The number of hydrogen-bond donors (Lipinski definition) is 2. The average molecular weight is 290 g/mol. The Labute approximate surface area is 127 Å². The summed E-state index contributed by atoms with van der Waals surface area (Å²) >= 11 is 0. The Morgan fingerprint density at radius 1 is 0.955 bits per heavy atom. The number of carbonyl (C=O) groups excluding carboxylic acids is 1. The van der Waals surface area contributed by atoms with E-state index in [0.717, 1.165) is 27.6 Å². The molecule has 2 N–H and O–H groups in total. The van der Waals surface area contributed by atoms with Crippen LogP contribution in [0.2, 0.25) is 0 Å². The maximum atomic E-state index is 13.8. The van der Waals surface area contributed by atoms with E-state index in [2.05, 4.69) is 22.6 Å². The second kappa shape index (κ2) is 4.88. The Morgan fingerprint density at radius 2 is 1.64 bits per heavy atom. The number of anilines is 2. The number of halogens is 1. The van der Waals surface area contributed by atoms with E-state index in [1.165, 1.54) is 12.1 Å². The third kappa shape index (κ3) is 1.94. The van der Waals surface area contributed by atoms with E-state index in [9.17, 15) is 9.18 Å². The zero-order valence-corrected chi connectivity index (χ0v) is 11.6. The fraction of sp³-hybridized carbons (Fsp3) is 0. The Balaban J connectivity index is 1.78. The monoisotopic (exact) mass is 290 g/mol. The Kier molecular flexibility index (Phi) is 2.86. The highest BCUT2D eigenvalue weighted by Crippen LogP contribution is 2.33. The quantitative estimate of drug-likeness (QED) is 0.563. The molecule has 0 aliphatic carbocycles. The Morgan fingerprint density at radius 3 is 2.23 bits per heavy atom. The van der Waals surface area contributed by atoms with E-state index in [1.807, 2.05) is 24.3 Å². The summed E-state index contributed by atoms with van der Waals surface area (Å²) in [6.45, 7) is -0.240. The van der Waals surface area contributed by atoms with Gasteiger partial charge in [-0.2, -0.15) is 0 Å². The van der Waals surface area contributed by atoms with Crippen molar-refractivity contribution in [2.45, 2.75) is 0 Å². The van der Waals surface area contributed by atoms with Crippen LogP contribution >= 0.6 is 0 Å². The van der Waals surface area contributed by atoms with Gasteiger partial charge in [-0.15, -0.1) is 0 Å². The molecule has 0 amide bonds. The lowest BCUT2D eigenvalue weighted by molar-refractivity contribution is 0.112. The van der Waals surface area contributed by atoms with Gasteiger partial charge in [0.25, 0.3) is 0 Å². The van der Waals surface area contributed by atoms with Crippen molar-refractivity contribution < 1.29 is 9.18 Å². The molecule has 0 aromatic heterocycles. The summed E-state index contributed by atoms with van der Waals surface area (Å²) in [4.78, 5) is 10.7. The molecule has 0 spiro atoms. The number of carbonyl (C=O) groups is 1. The number of rotatable bonds is 2. The first kappa shape index (κ1) is 12.9. The van der Waals surface area contributed by atoms with Crippen LogP contribution in [0.15, 0.2) is 54.6 Å². The first-order chi connectivity index (χ1) is 10.8. The molecule has 0 saturated carbocycles. The van der Waals surface area contributed by atoms with Gasteiger partial charge in [-0.1, -0.05) is 30.3 Å². The molecular formula is C17H12BFN2O. The summed E-state index contributed by atoms with van der Waals surface area (Å²) < 4.78 is 13.8. The predicted molar refractivity (Wildman–Crippen MR) is 88.4 cm³/mol. The largest absolute Gasteiger partial charge is 0.406 e. The molecule has 0 unspecified atom stereocenters. The number of nitrogens with one attached hydrogen (secondary N) is 2. The van der Waals surface area contributed by atoms with Crippen molar-refractivity contribution in [2.75, 3.05) is 10.5 Å². The molecule has 106 valence electrons. The molecule has 4 rings (SSSR count). The van der Waals surface area contributed by atoms with E-state index in [-0.39, 0.29) is 12.5 Å². The molecule has 3 aromatic rings. The highest BCUT2D eigenvalue weighted by Gasteiger charge is 2.25. The smallest absolute Gasteiger partial charge is 0.405 e. The van der Waals surface area contributed by atoms with Crippen molar-refractivity contribution in [1.82, 2.24) is 0 Å². The normalized spacial score (nSPS) is 12.7. The van der Waals surface area contributed by atoms with Crippen LogP contribution in [0.4, 0.5) is 15.8 Å². The molecule has 5 heteroatoms. The van der Waals surface area contributed by atoms with E-state index in [4.69, 9.17) is 0 Å². The third-order valence-corrected chi connectivity index (χ3v) is 3.99. The topological polar surface area (TPSA) is 41.1 Å². The van der Waals surface area contributed by atoms with Crippen LogP contribution in [0, 0.1) is 5.82 Å². The second-order valence-electron chi connectivity index (χ2n) is 5.33. The van der Waals surface area contributed by atoms with Gasteiger partial charge in [-0.05, 0) is 35.1 Å². The van der Waals surface area contributed by atoms with Crippen LogP contribution in [0.25, 0.3) is 10.8 Å². The summed E-state index contributed by atoms with van der Waals surface area (Å²) in [6, 6.07) is 16.8. The van der Waals surface area contributed by atoms with Crippen LogP contribution < -0.4 is 15.9 Å². The lowest BCUT2D eigenvalue weighted by Crippen LogP contribution is -2.48. The Bertz CT molecular complexity index is 856. The fourth-order valence-corrected chi connectivity index (χ4v) is 2.91. The van der Waals surface area contributed by atoms with Gasteiger partial charge in [0.05, 0.1) is 0 Å². The van der Waals surface area contributed by atoms with Gasteiger partial charge in [0.15, 0.2) is 6.29 Å². The van der Waals surface area contributed by atoms with E-state index >= 15 is 0 Å². The molecule has 0 saturated heterocycles. The molecule has 3 nitrogen and oxygen atoms in total. The van der Waals surface area contributed by atoms with Crippen molar-refractivity contribution in [2.24, 2.45) is 0 Å². The van der Waals surface area contributed by atoms with Gasteiger partial charge < -0.3 is 10.5 Å². The molecule has 1 heterocycles. The standard InChI is InChI=1S/C17H12BFN2O/c19-14-9-13(8-7-12(14)10-22)18-20-15-5-1-3-11-4-2-6-16(21-18)17(11)15/h1-10,20-21H. The molecule has 0 bridgehead atoms. The van der Waals surface area contributed by atoms with Crippen LogP contribution in [0.3, 0.4) is 0 Å². The average Bonchev–Trinajstić information content (AvgIpc) is 2.55. The molecular weight excluding hydrogens is 278 g/mol. The van der Waals surface area contributed by atoms with Gasteiger partial charge in [-0.3, -0.25) is 4.79 Å². The maximum Gasteiger partial charge on any atom is 0.406 e. The Hall–Kier alpha value is -2.82. The number of hydrogen-bond acceptors (Lipinski definition) is 3. The lowest BCUT2D eigenvalue weighted by Gasteiger charge is -2.26. The predicted octanol–water partition coefficient (Wildman–Crippen LogP) is 3.02. The first-order valence-electron chi connectivity index (χ1n) is 7.06. The summed E-state index contributed by atoms with van der Waals surface area (Å²) in [5, 5.41) is 9.03. The highest BCUT2D eigenvalue weighted by molar-refractivity contribution is 6.80. The minimum absolute atomic E-state index is 0.0714. The first-order valence-corrected chi connectivity index (χ1v) is 7.06. The van der Waals surface area contributed by atoms with E-state index in [1.54, 1.807) is 6.07 Å². The van der Waals surface area contributed by atoms with Crippen molar-refractivity contribution >= 4 is 40.9 Å². The molecule has 0 atom stereocenters. The third-order valence-electron chi connectivity index (χ3n) is 3.99. The zero-order valence-electron chi connectivity index (χ0n) is 11.6. The van der Waals surface area contributed by atoms with Gasteiger partial charge in [0.1, 0.15) is 5.82 Å². The summed E-state index contributed by atoms with van der Waals surface area (Å²) in [7, 11) is 0. The van der Waals surface area contributed by atoms with Gasteiger partial charge in [0, 0.05) is 22.3 Å². The van der Waals surface area contributed by atoms with Gasteiger partial charge in [0.2, 0.25) is 0 Å². The fourth-order valence-electron chi connectivity index (χ4n) is 2.91. The minimum Gasteiger partial charge on any atom is -0.405 e. The van der Waals surface area contributed by atoms with Crippen molar-refractivity contribution in [3.8, 4) is 0 Å². The highest BCUT2D eigenvalue weighted by atomic mass is 19.1. The second-order valence-corrected chi connectivity index (χ2v) is 5.33. The van der Waals surface area contributed by atoms with Crippen molar-refractivity contribution in [3.05, 3.63) is 66.0 Å². The molecule has 1 aliphatic rings. The molecule has 0 radical (unpaired) electrons. The zero-order chi connectivity index (χ0) is 15.1. The summed E-state index contributed by atoms with van der Waals surface area (Å²) in [5.74, 6) is -0.506. The lowest BCUT2D eigenvalue weighted by atomic mass is 9.66. The maximum absolute atomic E-state index is 13.8. The van der Waals surface area contributed by atoms with Gasteiger partial charge in [-0.25, -0.2) is 4.39 Å². The summed E-state index contributed by atoms with van der Waals surface area (Å²) in [5.41, 5.74) is 2.84. The molecule has 22 heavy (non-hydrogen) atoms. The van der Waals surface area contributed by atoms with Crippen LogP contribution in [0.1, 0.15) is 10.4 Å². The molecule has 0 fully saturated rings. The summed E-state index contributed by atoms with van der Waals surface area (Å²) in [6.07, 6.45) is 0.525. The molecule has 1 aliphatic heterocycles. The van der Waals surface area contributed by atoms with Crippen molar-refractivity contribution in [1.29, 1.82) is 0 Å².